The van der Waals surface area contributed by atoms with E-state index in [9.17, 15) is 13.6 Å². The molecule has 0 aliphatic heterocycles. The van der Waals surface area contributed by atoms with Crippen LogP contribution in [-0.2, 0) is 9.53 Å². The van der Waals surface area contributed by atoms with Crippen molar-refractivity contribution in [3.8, 4) is 0 Å². The zero-order valence-electron chi connectivity index (χ0n) is 8.22. The minimum atomic E-state index is -0.681. The Balaban J connectivity index is 2.47. The van der Waals surface area contributed by atoms with E-state index in [1.165, 1.54) is 13.2 Å². The van der Waals surface area contributed by atoms with Gasteiger partial charge in [0.05, 0.1) is 19.2 Å². The van der Waals surface area contributed by atoms with Crippen molar-refractivity contribution in [2.75, 3.05) is 19.0 Å². The third-order valence-electron chi connectivity index (χ3n) is 1.80. The van der Waals surface area contributed by atoms with Crippen molar-refractivity contribution >= 4 is 11.7 Å². The molecule has 0 saturated heterocycles. The molecule has 0 spiro atoms. The Hall–Kier alpha value is -1.65. The van der Waals surface area contributed by atoms with E-state index >= 15 is 0 Å². The number of esters is 1. The molecule has 15 heavy (non-hydrogen) atoms. The van der Waals surface area contributed by atoms with E-state index in [1.807, 2.05) is 0 Å². The van der Waals surface area contributed by atoms with Gasteiger partial charge in [-0.2, -0.15) is 0 Å². The summed E-state index contributed by atoms with van der Waals surface area (Å²) in [5, 5.41) is 2.66. The molecule has 3 nitrogen and oxygen atoms in total. The Bertz CT molecular complexity index is 355. The van der Waals surface area contributed by atoms with Gasteiger partial charge in [-0.05, 0) is 12.1 Å². The van der Waals surface area contributed by atoms with Gasteiger partial charge in [-0.1, -0.05) is 0 Å². The molecule has 0 aliphatic carbocycles. The lowest BCUT2D eigenvalue weighted by Gasteiger charge is -2.06. The van der Waals surface area contributed by atoms with Crippen LogP contribution in [0.25, 0.3) is 0 Å². The molecule has 0 aromatic heterocycles. The van der Waals surface area contributed by atoms with Gasteiger partial charge >= 0.3 is 5.97 Å². The molecule has 82 valence electrons. The molecule has 0 bridgehead atoms. The maximum atomic E-state index is 13.0. The van der Waals surface area contributed by atoms with E-state index in [0.717, 1.165) is 12.1 Å². The summed E-state index contributed by atoms with van der Waals surface area (Å²) in [6.45, 7) is 0.245. The summed E-state index contributed by atoms with van der Waals surface area (Å²) in [6.07, 6.45) is 0.132. The molecule has 1 rings (SSSR count). The predicted molar refractivity (Wildman–Crippen MR) is 51.5 cm³/mol. The van der Waals surface area contributed by atoms with E-state index in [1.54, 1.807) is 0 Å². The van der Waals surface area contributed by atoms with Crippen LogP contribution < -0.4 is 5.32 Å². The van der Waals surface area contributed by atoms with Gasteiger partial charge in [0, 0.05) is 12.6 Å². The van der Waals surface area contributed by atoms with Gasteiger partial charge in [-0.15, -0.1) is 0 Å². The quantitative estimate of drug-likeness (QED) is 0.780. The van der Waals surface area contributed by atoms with E-state index < -0.39 is 11.6 Å². The maximum absolute atomic E-state index is 13.0. The van der Waals surface area contributed by atoms with Crippen LogP contribution in [-0.4, -0.2) is 19.6 Å². The number of nitrogens with one attached hydrogen (secondary N) is 1. The van der Waals surface area contributed by atoms with E-state index in [4.69, 9.17) is 0 Å². The summed E-state index contributed by atoms with van der Waals surface area (Å²) >= 11 is 0. The molecule has 0 radical (unpaired) electrons. The van der Waals surface area contributed by atoms with Crippen molar-refractivity contribution in [3.63, 3.8) is 0 Å². The summed E-state index contributed by atoms with van der Waals surface area (Å²) in [6, 6.07) is 3.20. The van der Waals surface area contributed by atoms with Crippen molar-refractivity contribution in [1.82, 2.24) is 0 Å². The normalized spacial score (nSPS) is 9.80. The van der Waals surface area contributed by atoms with E-state index in [2.05, 4.69) is 10.1 Å². The number of rotatable bonds is 4. The summed E-state index contributed by atoms with van der Waals surface area (Å²) in [4.78, 5) is 10.7. The molecule has 0 saturated carbocycles. The van der Waals surface area contributed by atoms with Crippen LogP contribution in [0.3, 0.4) is 0 Å². The number of ether oxygens (including phenoxy) is 1. The summed E-state index contributed by atoms with van der Waals surface area (Å²) in [5.41, 5.74) is 0.167. The molecule has 0 fully saturated rings. The molecule has 0 unspecified atom stereocenters. The number of halogens is 2. The fraction of sp³-hybridized carbons (Fsp3) is 0.300. The molecule has 1 aromatic rings. The highest BCUT2D eigenvalue weighted by molar-refractivity contribution is 5.69. The van der Waals surface area contributed by atoms with Crippen molar-refractivity contribution < 1.29 is 18.3 Å². The van der Waals surface area contributed by atoms with Crippen molar-refractivity contribution in [2.45, 2.75) is 6.42 Å². The predicted octanol–water partition coefficient (Wildman–Crippen LogP) is 1.94. The van der Waals surface area contributed by atoms with Crippen molar-refractivity contribution in [3.05, 3.63) is 29.8 Å². The fourth-order valence-electron chi connectivity index (χ4n) is 1.03. The first-order valence-corrected chi connectivity index (χ1v) is 4.39. The summed E-state index contributed by atoms with van der Waals surface area (Å²) in [5.74, 6) is -1.70. The monoisotopic (exact) mass is 215 g/mol. The second-order valence-corrected chi connectivity index (χ2v) is 2.88. The zero-order valence-corrected chi connectivity index (χ0v) is 8.22. The van der Waals surface area contributed by atoms with Crippen molar-refractivity contribution in [1.29, 1.82) is 0 Å². The molecule has 1 aromatic carbocycles. The molecule has 5 heteroatoms. The molecule has 0 atom stereocenters. The molecule has 0 aliphatic rings. The van der Waals surface area contributed by atoms with Crippen LogP contribution in [0.1, 0.15) is 6.42 Å². The molecule has 1 N–H and O–H groups in total. The second kappa shape index (κ2) is 5.29. The third-order valence-corrected chi connectivity index (χ3v) is 1.80. The number of carbonyl (C=O) groups excluding carboxylic acids is 1. The van der Waals surface area contributed by atoms with Crippen LogP contribution in [0.4, 0.5) is 14.5 Å². The lowest BCUT2D eigenvalue weighted by molar-refractivity contribution is -0.140. The lowest BCUT2D eigenvalue weighted by Crippen LogP contribution is -2.10. The lowest BCUT2D eigenvalue weighted by atomic mass is 10.3. The Morgan fingerprint density at radius 3 is 2.80 bits per heavy atom. The first-order valence-electron chi connectivity index (χ1n) is 4.39. The molecule has 0 heterocycles. The number of methoxy groups -OCH3 is 1. The van der Waals surface area contributed by atoms with Gasteiger partial charge in [-0.25, -0.2) is 8.78 Å². The number of hydrogen-bond acceptors (Lipinski definition) is 3. The maximum Gasteiger partial charge on any atom is 0.307 e. The Morgan fingerprint density at radius 1 is 1.47 bits per heavy atom. The van der Waals surface area contributed by atoms with Gasteiger partial charge < -0.3 is 10.1 Å². The van der Waals surface area contributed by atoms with Gasteiger partial charge in [-0.3, -0.25) is 4.79 Å². The molecular weight excluding hydrogens is 204 g/mol. The van der Waals surface area contributed by atoms with E-state index in [0.29, 0.717) is 0 Å². The Kier molecular flexibility index (Phi) is 4.03. The Labute approximate surface area is 86.0 Å². The van der Waals surface area contributed by atoms with Crippen LogP contribution in [0.5, 0.6) is 0 Å². The highest BCUT2D eigenvalue weighted by Gasteiger charge is 2.04. The molecule has 0 amide bonds. The second-order valence-electron chi connectivity index (χ2n) is 2.88. The van der Waals surface area contributed by atoms with Crippen LogP contribution in [0.2, 0.25) is 0 Å². The standard InChI is InChI=1S/C10H11F2NO2/c1-15-10(14)4-5-13-9-3-2-7(11)6-8(9)12/h2-3,6,13H,4-5H2,1H3. The minimum absolute atomic E-state index is 0.132. The zero-order chi connectivity index (χ0) is 11.3. The number of hydrogen-bond donors (Lipinski definition) is 1. The number of carbonyl (C=O) groups is 1. The van der Waals surface area contributed by atoms with Gasteiger partial charge in [0.1, 0.15) is 11.6 Å². The fourth-order valence-corrected chi connectivity index (χ4v) is 1.03. The van der Waals surface area contributed by atoms with Crippen LogP contribution >= 0.6 is 0 Å². The summed E-state index contributed by atoms with van der Waals surface area (Å²) < 4.78 is 30.0. The van der Waals surface area contributed by atoms with Gasteiger partial charge in [0.15, 0.2) is 0 Å². The highest BCUT2D eigenvalue weighted by Crippen LogP contribution is 2.14. The smallest absolute Gasteiger partial charge is 0.307 e. The van der Waals surface area contributed by atoms with Crippen LogP contribution in [0.15, 0.2) is 18.2 Å². The van der Waals surface area contributed by atoms with Gasteiger partial charge in [0.2, 0.25) is 0 Å². The van der Waals surface area contributed by atoms with Gasteiger partial charge in [0.25, 0.3) is 0 Å². The highest BCUT2D eigenvalue weighted by atomic mass is 19.1. The summed E-state index contributed by atoms with van der Waals surface area (Å²) in [7, 11) is 1.28. The topological polar surface area (TPSA) is 38.3 Å². The van der Waals surface area contributed by atoms with Crippen molar-refractivity contribution in [2.24, 2.45) is 0 Å². The Morgan fingerprint density at radius 2 is 2.20 bits per heavy atom. The average Bonchev–Trinajstić information content (AvgIpc) is 2.21. The SMILES string of the molecule is COC(=O)CCNc1ccc(F)cc1F. The first kappa shape index (κ1) is 11.4. The minimum Gasteiger partial charge on any atom is -0.469 e. The van der Waals surface area contributed by atoms with Crippen LogP contribution in [0, 0.1) is 11.6 Å². The third kappa shape index (κ3) is 3.53. The largest absolute Gasteiger partial charge is 0.469 e. The first-order chi connectivity index (χ1) is 7.13. The van der Waals surface area contributed by atoms with E-state index in [-0.39, 0.29) is 24.6 Å². The molecular formula is C10H11F2NO2. The number of anilines is 1. The number of benzene rings is 1. The average molecular weight is 215 g/mol.